The Morgan fingerprint density at radius 3 is 2.06 bits per heavy atom. The molecule has 2 amide bonds. The van der Waals surface area contributed by atoms with Gasteiger partial charge in [-0.25, -0.2) is 0 Å². The van der Waals surface area contributed by atoms with Crippen LogP contribution in [0, 0.1) is 0 Å². The zero-order chi connectivity index (χ0) is 13.6. The molecule has 98 valence electrons. The van der Waals surface area contributed by atoms with Crippen molar-refractivity contribution in [2.45, 2.75) is 32.0 Å². The van der Waals surface area contributed by atoms with Gasteiger partial charge in [-0.05, 0) is 13.8 Å². The van der Waals surface area contributed by atoms with Crippen LogP contribution in [0.5, 0.6) is 0 Å². The van der Waals surface area contributed by atoms with Crippen LogP contribution >= 0.6 is 12.6 Å². The van der Waals surface area contributed by atoms with E-state index in [-0.39, 0.29) is 5.75 Å². The third-order valence-corrected chi connectivity index (χ3v) is 2.41. The number of amides is 2. The minimum absolute atomic E-state index is 0.158. The molecule has 0 radical (unpaired) electrons. The van der Waals surface area contributed by atoms with Crippen molar-refractivity contribution in [3.8, 4) is 0 Å². The fraction of sp³-hybridized carbons (Fsp3) is 0.667. The zero-order valence-corrected chi connectivity index (χ0v) is 10.5. The summed E-state index contributed by atoms with van der Waals surface area (Å²) >= 11 is 3.85. The molecule has 0 saturated carbocycles. The van der Waals surface area contributed by atoms with E-state index in [1.165, 1.54) is 13.8 Å². The number of carboxylic acids is 1. The van der Waals surface area contributed by atoms with Crippen LogP contribution in [0.1, 0.15) is 13.8 Å². The summed E-state index contributed by atoms with van der Waals surface area (Å²) in [6.45, 7) is 2.77. The van der Waals surface area contributed by atoms with Gasteiger partial charge in [-0.2, -0.15) is 12.6 Å². The Kier molecular flexibility index (Phi) is 6.59. The fourth-order valence-corrected chi connectivity index (χ4v) is 1.03. The minimum atomic E-state index is -1.15. The SMILES string of the molecule is C[C@H](NC(=O)[C@H](C)NC(=O)[C@@H](N)CS)C(=O)O. The Morgan fingerprint density at radius 2 is 1.65 bits per heavy atom. The standard InChI is InChI=1S/C9H17N3O4S/c1-4(11-8(14)6(10)3-17)7(13)12-5(2)9(15)16/h4-6,17H,3,10H2,1-2H3,(H,11,14)(H,12,13)(H,15,16)/t4-,5-,6-/m0/s1. The van der Waals surface area contributed by atoms with Gasteiger partial charge in [-0.15, -0.1) is 0 Å². The molecule has 8 heteroatoms. The molecule has 0 bridgehead atoms. The van der Waals surface area contributed by atoms with Gasteiger partial charge in [0, 0.05) is 5.75 Å². The molecule has 0 aliphatic carbocycles. The van der Waals surface area contributed by atoms with Crippen molar-refractivity contribution in [1.29, 1.82) is 0 Å². The Labute approximate surface area is 105 Å². The first-order valence-electron chi connectivity index (χ1n) is 4.99. The van der Waals surface area contributed by atoms with Gasteiger partial charge in [-0.3, -0.25) is 14.4 Å². The normalized spacial score (nSPS) is 15.5. The van der Waals surface area contributed by atoms with Gasteiger partial charge in [0.25, 0.3) is 0 Å². The highest BCUT2D eigenvalue weighted by atomic mass is 32.1. The molecule has 0 aromatic rings. The van der Waals surface area contributed by atoms with Crippen molar-refractivity contribution in [3.05, 3.63) is 0 Å². The molecule has 0 heterocycles. The maximum absolute atomic E-state index is 11.5. The van der Waals surface area contributed by atoms with E-state index in [1.54, 1.807) is 0 Å². The van der Waals surface area contributed by atoms with Crippen molar-refractivity contribution in [2.75, 3.05) is 5.75 Å². The fourth-order valence-electron chi connectivity index (χ4n) is 0.869. The molecule has 7 nitrogen and oxygen atoms in total. The number of hydrogen-bond acceptors (Lipinski definition) is 5. The molecular weight excluding hydrogens is 246 g/mol. The summed E-state index contributed by atoms with van der Waals surface area (Å²) in [4.78, 5) is 33.3. The topological polar surface area (TPSA) is 122 Å². The van der Waals surface area contributed by atoms with E-state index in [9.17, 15) is 14.4 Å². The second-order valence-corrected chi connectivity index (χ2v) is 3.95. The quantitative estimate of drug-likeness (QED) is 0.367. The number of nitrogens with one attached hydrogen (secondary N) is 2. The average Bonchev–Trinajstić information content (AvgIpc) is 2.27. The van der Waals surface area contributed by atoms with E-state index in [0.29, 0.717) is 0 Å². The van der Waals surface area contributed by atoms with E-state index in [4.69, 9.17) is 10.8 Å². The van der Waals surface area contributed by atoms with Crippen LogP contribution in [0.3, 0.4) is 0 Å². The first-order valence-corrected chi connectivity index (χ1v) is 5.62. The van der Waals surface area contributed by atoms with Crippen LogP contribution < -0.4 is 16.4 Å². The Hall–Kier alpha value is -1.28. The Morgan fingerprint density at radius 1 is 1.18 bits per heavy atom. The number of aliphatic carboxylic acids is 1. The van der Waals surface area contributed by atoms with Crippen LogP contribution in [0.4, 0.5) is 0 Å². The van der Waals surface area contributed by atoms with Crippen LogP contribution in [0.25, 0.3) is 0 Å². The second kappa shape index (κ2) is 7.13. The lowest BCUT2D eigenvalue weighted by Crippen LogP contribution is -2.53. The highest BCUT2D eigenvalue weighted by Crippen LogP contribution is 1.90. The van der Waals surface area contributed by atoms with Gasteiger partial charge in [-0.1, -0.05) is 0 Å². The molecule has 0 saturated heterocycles. The van der Waals surface area contributed by atoms with Gasteiger partial charge >= 0.3 is 5.97 Å². The molecule has 3 atom stereocenters. The van der Waals surface area contributed by atoms with Crippen molar-refractivity contribution < 1.29 is 19.5 Å². The van der Waals surface area contributed by atoms with Crippen molar-refractivity contribution in [2.24, 2.45) is 5.73 Å². The Bertz CT molecular complexity index is 311. The lowest BCUT2D eigenvalue weighted by Gasteiger charge is -2.17. The summed E-state index contributed by atoms with van der Waals surface area (Å²) in [5, 5.41) is 13.2. The number of thiol groups is 1. The summed E-state index contributed by atoms with van der Waals surface area (Å²) in [5.74, 6) is -2.08. The molecule has 5 N–H and O–H groups in total. The number of carbonyl (C=O) groups is 3. The number of carboxylic acid groups (broad SMARTS) is 1. The molecule has 0 aliphatic rings. The van der Waals surface area contributed by atoms with Gasteiger partial charge < -0.3 is 21.5 Å². The molecular formula is C9H17N3O4S. The first-order chi connectivity index (χ1) is 7.79. The van der Waals surface area contributed by atoms with Crippen molar-refractivity contribution >= 4 is 30.4 Å². The number of rotatable bonds is 6. The maximum atomic E-state index is 11.5. The molecule has 0 fully saturated rings. The highest BCUT2D eigenvalue weighted by Gasteiger charge is 2.22. The third-order valence-electron chi connectivity index (χ3n) is 2.01. The lowest BCUT2D eigenvalue weighted by molar-refractivity contribution is -0.141. The predicted octanol–water partition coefficient (Wildman–Crippen LogP) is -1.66. The van der Waals surface area contributed by atoms with Crippen LogP contribution in [-0.2, 0) is 14.4 Å². The van der Waals surface area contributed by atoms with E-state index in [0.717, 1.165) is 0 Å². The molecule has 0 aliphatic heterocycles. The molecule has 0 spiro atoms. The van der Waals surface area contributed by atoms with Crippen LogP contribution in [-0.4, -0.2) is 46.8 Å². The largest absolute Gasteiger partial charge is 0.480 e. The summed E-state index contributed by atoms with van der Waals surface area (Å²) in [6, 6.07) is -2.67. The van der Waals surface area contributed by atoms with Gasteiger partial charge in [0.15, 0.2) is 0 Å². The zero-order valence-electron chi connectivity index (χ0n) is 9.64. The van der Waals surface area contributed by atoms with Crippen LogP contribution in [0.15, 0.2) is 0 Å². The number of carbonyl (C=O) groups excluding carboxylic acids is 2. The van der Waals surface area contributed by atoms with Crippen molar-refractivity contribution in [3.63, 3.8) is 0 Å². The second-order valence-electron chi connectivity index (χ2n) is 3.59. The third kappa shape index (κ3) is 5.55. The minimum Gasteiger partial charge on any atom is -0.480 e. The maximum Gasteiger partial charge on any atom is 0.325 e. The molecule has 0 aromatic heterocycles. The summed E-state index contributed by atoms with van der Waals surface area (Å²) in [7, 11) is 0. The highest BCUT2D eigenvalue weighted by molar-refractivity contribution is 7.80. The van der Waals surface area contributed by atoms with E-state index < -0.39 is 35.9 Å². The summed E-state index contributed by atoms with van der Waals surface area (Å²) in [5.41, 5.74) is 5.40. The molecule has 0 unspecified atom stereocenters. The summed E-state index contributed by atoms with van der Waals surface area (Å²) in [6.07, 6.45) is 0. The number of nitrogens with two attached hydrogens (primary N) is 1. The van der Waals surface area contributed by atoms with E-state index in [1.807, 2.05) is 0 Å². The molecule has 0 rings (SSSR count). The molecule has 17 heavy (non-hydrogen) atoms. The van der Waals surface area contributed by atoms with Crippen LogP contribution in [0.2, 0.25) is 0 Å². The monoisotopic (exact) mass is 263 g/mol. The average molecular weight is 263 g/mol. The van der Waals surface area contributed by atoms with Gasteiger partial charge in [0.2, 0.25) is 11.8 Å². The van der Waals surface area contributed by atoms with Crippen molar-refractivity contribution in [1.82, 2.24) is 10.6 Å². The first kappa shape index (κ1) is 15.7. The number of hydrogen-bond donors (Lipinski definition) is 5. The smallest absolute Gasteiger partial charge is 0.325 e. The van der Waals surface area contributed by atoms with Gasteiger partial charge in [0.1, 0.15) is 12.1 Å². The summed E-state index contributed by atoms with van der Waals surface area (Å²) < 4.78 is 0. The lowest BCUT2D eigenvalue weighted by atomic mass is 10.2. The van der Waals surface area contributed by atoms with E-state index in [2.05, 4.69) is 23.3 Å². The Balaban J connectivity index is 4.23. The van der Waals surface area contributed by atoms with Gasteiger partial charge in [0.05, 0.1) is 6.04 Å². The predicted molar refractivity (Wildman–Crippen MR) is 64.7 cm³/mol. The van der Waals surface area contributed by atoms with E-state index >= 15 is 0 Å². The molecule has 0 aromatic carbocycles.